The summed E-state index contributed by atoms with van der Waals surface area (Å²) in [6.07, 6.45) is 1.22. The molecule has 0 unspecified atom stereocenters. The van der Waals surface area contributed by atoms with Gasteiger partial charge >= 0.3 is 0 Å². The lowest BCUT2D eigenvalue weighted by Crippen LogP contribution is -2.35. The van der Waals surface area contributed by atoms with E-state index in [1.807, 2.05) is 27.0 Å². The Kier molecular flexibility index (Phi) is 7.91. The first kappa shape index (κ1) is 21.6. The van der Waals surface area contributed by atoms with E-state index in [2.05, 4.69) is 25.6 Å². The number of hydrogen-bond donors (Lipinski definition) is 1. The molecule has 3 heterocycles. The van der Waals surface area contributed by atoms with Gasteiger partial charge in [0.25, 0.3) is 0 Å². The molecule has 158 valence electrons. The molecule has 3 rings (SSSR count). The second-order valence-corrected chi connectivity index (χ2v) is 8.32. The summed E-state index contributed by atoms with van der Waals surface area (Å²) in [7, 11) is 1.84. The number of nitrogens with one attached hydrogen (secondary N) is 1. The van der Waals surface area contributed by atoms with Crippen LogP contribution >= 0.6 is 11.3 Å². The van der Waals surface area contributed by atoms with E-state index in [-0.39, 0.29) is 5.91 Å². The second kappa shape index (κ2) is 10.6. The molecule has 0 aliphatic carbocycles. The van der Waals surface area contributed by atoms with Crippen molar-refractivity contribution in [2.45, 2.75) is 39.8 Å². The number of rotatable bonds is 9. The van der Waals surface area contributed by atoms with E-state index in [1.165, 1.54) is 0 Å². The smallest absolute Gasteiger partial charge is 0.223 e. The Bertz CT molecular complexity index is 786. The minimum Gasteiger partial charge on any atom is -0.379 e. The van der Waals surface area contributed by atoms with Gasteiger partial charge in [0.05, 0.1) is 32.0 Å². The van der Waals surface area contributed by atoms with Gasteiger partial charge in [0, 0.05) is 49.9 Å². The molecule has 29 heavy (non-hydrogen) atoms. The number of morpholine rings is 1. The summed E-state index contributed by atoms with van der Waals surface area (Å²) in [4.78, 5) is 29.9. The summed E-state index contributed by atoms with van der Waals surface area (Å²) in [5.74, 6) is 0.745. The zero-order valence-corrected chi connectivity index (χ0v) is 18.3. The Labute approximate surface area is 176 Å². The number of carbonyl (C=O) groups is 1. The van der Waals surface area contributed by atoms with Crippen molar-refractivity contribution in [1.29, 1.82) is 0 Å². The highest BCUT2D eigenvalue weighted by Crippen LogP contribution is 2.15. The maximum atomic E-state index is 12.4. The molecule has 1 aliphatic rings. The van der Waals surface area contributed by atoms with Gasteiger partial charge in [-0.2, -0.15) is 0 Å². The molecular formula is C20H30N6O2S. The normalized spacial score (nSPS) is 14.7. The summed E-state index contributed by atoms with van der Waals surface area (Å²) < 4.78 is 5.38. The van der Waals surface area contributed by atoms with Gasteiger partial charge in [-0.25, -0.2) is 15.0 Å². The molecule has 2 aromatic heterocycles. The fourth-order valence-electron chi connectivity index (χ4n) is 3.21. The van der Waals surface area contributed by atoms with E-state index < -0.39 is 0 Å². The molecule has 1 fully saturated rings. The number of aryl methyl sites for hydroxylation is 2. The van der Waals surface area contributed by atoms with Gasteiger partial charge in [0.1, 0.15) is 5.01 Å². The molecule has 0 radical (unpaired) electrons. The third-order valence-electron chi connectivity index (χ3n) is 4.72. The van der Waals surface area contributed by atoms with Gasteiger partial charge in [-0.1, -0.05) is 0 Å². The number of hydrogen-bond acceptors (Lipinski definition) is 8. The summed E-state index contributed by atoms with van der Waals surface area (Å²) in [5, 5.41) is 6.35. The number of nitrogens with zero attached hydrogens (tertiary/aromatic N) is 5. The van der Waals surface area contributed by atoms with Crippen molar-refractivity contribution in [2.24, 2.45) is 0 Å². The average molecular weight is 419 g/mol. The van der Waals surface area contributed by atoms with Gasteiger partial charge in [0.15, 0.2) is 0 Å². The van der Waals surface area contributed by atoms with Crippen molar-refractivity contribution in [3.8, 4) is 0 Å². The van der Waals surface area contributed by atoms with Crippen LogP contribution in [0.4, 0.5) is 5.95 Å². The van der Waals surface area contributed by atoms with Crippen LogP contribution < -0.4 is 5.32 Å². The van der Waals surface area contributed by atoms with Crippen LogP contribution in [0.5, 0.6) is 0 Å². The summed E-state index contributed by atoms with van der Waals surface area (Å²) in [6, 6.07) is 1.94. The van der Waals surface area contributed by atoms with Gasteiger partial charge < -0.3 is 15.0 Å². The minimum absolute atomic E-state index is 0.121. The molecule has 1 aliphatic heterocycles. The monoisotopic (exact) mass is 418 g/mol. The Morgan fingerprint density at radius 3 is 2.69 bits per heavy atom. The van der Waals surface area contributed by atoms with Crippen molar-refractivity contribution in [3.63, 3.8) is 0 Å². The lowest BCUT2D eigenvalue weighted by atomic mass is 10.2. The molecule has 1 N–H and O–H groups in total. The van der Waals surface area contributed by atoms with Crippen LogP contribution in [0.25, 0.3) is 0 Å². The second-order valence-electron chi connectivity index (χ2n) is 7.38. The molecule has 0 spiro atoms. The number of amides is 1. The molecule has 9 heteroatoms. The van der Waals surface area contributed by atoms with Crippen LogP contribution in [0, 0.1) is 13.8 Å². The Morgan fingerprint density at radius 1 is 1.24 bits per heavy atom. The Hall–Kier alpha value is -2.10. The maximum absolute atomic E-state index is 12.4. The minimum atomic E-state index is 0.121. The van der Waals surface area contributed by atoms with Crippen LogP contribution in [0.15, 0.2) is 11.4 Å². The maximum Gasteiger partial charge on any atom is 0.223 e. The standard InChI is InChI=1S/C20H30N6O2S/c1-15-11-16(2)23-20(22-15)21-6-4-5-19(27)25(3)12-17-14-29-18(24-17)13-26-7-9-28-10-8-26/h11,14H,4-10,12-13H2,1-3H3,(H,21,22,23). The topological polar surface area (TPSA) is 83.5 Å². The van der Waals surface area contributed by atoms with E-state index in [1.54, 1.807) is 16.2 Å². The number of anilines is 1. The first-order valence-corrected chi connectivity index (χ1v) is 10.9. The molecule has 8 nitrogen and oxygen atoms in total. The molecule has 0 saturated carbocycles. The van der Waals surface area contributed by atoms with E-state index >= 15 is 0 Å². The summed E-state index contributed by atoms with van der Waals surface area (Å²) in [6.45, 7) is 9.46. The summed E-state index contributed by atoms with van der Waals surface area (Å²) >= 11 is 1.66. The fraction of sp³-hybridized carbons (Fsp3) is 0.600. The third-order valence-corrected chi connectivity index (χ3v) is 5.60. The van der Waals surface area contributed by atoms with Crippen molar-refractivity contribution in [1.82, 2.24) is 24.8 Å². The number of carbonyl (C=O) groups excluding carboxylic acids is 1. The van der Waals surface area contributed by atoms with Gasteiger partial charge in [-0.05, 0) is 26.3 Å². The number of ether oxygens (including phenoxy) is 1. The van der Waals surface area contributed by atoms with Crippen molar-refractivity contribution in [2.75, 3.05) is 45.2 Å². The van der Waals surface area contributed by atoms with Gasteiger partial charge in [0.2, 0.25) is 11.9 Å². The highest BCUT2D eigenvalue weighted by atomic mass is 32.1. The third kappa shape index (κ3) is 7.02. The highest BCUT2D eigenvalue weighted by Gasteiger charge is 2.15. The summed E-state index contributed by atoms with van der Waals surface area (Å²) in [5.41, 5.74) is 2.83. The van der Waals surface area contributed by atoms with Crippen LogP contribution in [0.3, 0.4) is 0 Å². The molecule has 0 aromatic carbocycles. The Morgan fingerprint density at radius 2 is 1.97 bits per heavy atom. The van der Waals surface area contributed by atoms with E-state index in [0.717, 1.165) is 61.4 Å². The van der Waals surface area contributed by atoms with Gasteiger partial charge in [-0.15, -0.1) is 11.3 Å². The van der Waals surface area contributed by atoms with E-state index in [0.29, 0.717) is 25.5 Å². The predicted molar refractivity (Wildman–Crippen MR) is 114 cm³/mol. The zero-order valence-electron chi connectivity index (χ0n) is 17.5. The first-order valence-electron chi connectivity index (χ1n) is 10.0. The SMILES string of the molecule is Cc1cc(C)nc(NCCCC(=O)N(C)Cc2csc(CN3CCOCC3)n2)n1. The van der Waals surface area contributed by atoms with Crippen molar-refractivity contribution < 1.29 is 9.53 Å². The number of thiazole rings is 1. The average Bonchev–Trinajstić information content (AvgIpc) is 3.11. The molecular weight excluding hydrogens is 388 g/mol. The largest absolute Gasteiger partial charge is 0.379 e. The van der Waals surface area contributed by atoms with Gasteiger partial charge in [-0.3, -0.25) is 9.69 Å². The number of aromatic nitrogens is 3. The quantitative estimate of drug-likeness (QED) is 0.625. The van der Waals surface area contributed by atoms with Crippen molar-refractivity contribution in [3.05, 3.63) is 33.5 Å². The molecule has 1 saturated heterocycles. The van der Waals surface area contributed by atoms with Crippen LogP contribution in [-0.4, -0.2) is 70.6 Å². The lowest BCUT2D eigenvalue weighted by Gasteiger charge is -2.25. The van der Waals surface area contributed by atoms with Crippen LogP contribution in [0.1, 0.15) is 34.9 Å². The van der Waals surface area contributed by atoms with E-state index in [9.17, 15) is 4.79 Å². The molecule has 2 aromatic rings. The highest BCUT2D eigenvalue weighted by molar-refractivity contribution is 7.09. The Balaban J connectivity index is 1.37. The first-order chi connectivity index (χ1) is 14.0. The van der Waals surface area contributed by atoms with Crippen LogP contribution in [-0.2, 0) is 22.6 Å². The molecule has 1 amide bonds. The predicted octanol–water partition coefficient (Wildman–Crippen LogP) is 2.23. The molecule has 0 atom stereocenters. The lowest BCUT2D eigenvalue weighted by molar-refractivity contribution is -0.130. The molecule has 0 bridgehead atoms. The van der Waals surface area contributed by atoms with Crippen molar-refractivity contribution >= 4 is 23.2 Å². The zero-order chi connectivity index (χ0) is 20.6. The van der Waals surface area contributed by atoms with Crippen LogP contribution in [0.2, 0.25) is 0 Å². The fourth-order valence-corrected chi connectivity index (χ4v) is 4.04. The van der Waals surface area contributed by atoms with E-state index in [4.69, 9.17) is 9.72 Å².